The second kappa shape index (κ2) is 4.72. The molecule has 2 heterocycles. The van der Waals surface area contributed by atoms with E-state index in [1.165, 1.54) is 0 Å². The fourth-order valence-electron chi connectivity index (χ4n) is 1.43. The van der Waals surface area contributed by atoms with Gasteiger partial charge in [0.15, 0.2) is 11.5 Å². The van der Waals surface area contributed by atoms with Crippen molar-refractivity contribution in [2.45, 2.75) is 12.8 Å². The molecule has 0 aliphatic heterocycles. The zero-order chi connectivity index (χ0) is 10.7. The number of pyridine rings is 1. The highest BCUT2D eigenvalue weighted by atomic mass is 79.9. The Balaban J connectivity index is 2.16. The molecule has 1 N–H and O–H groups in total. The number of hydrogen-bond acceptors (Lipinski definition) is 3. The molecule has 2 rings (SSSR count). The maximum Gasteiger partial charge on any atom is 0.155 e. The molecule has 0 amide bonds. The van der Waals surface area contributed by atoms with Crippen molar-refractivity contribution >= 4 is 21.6 Å². The predicted molar refractivity (Wildman–Crippen MR) is 62.9 cm³/mol. The van der Waals surface area contributed by atoms with Gasteiger partial charge in [0.05, 0.1) is 0 Å². The van der Waals surface area contributed by atoms with E-state index in [1.807, 2.05) is 25.4 Å². The first-order valence-electron chi connectivity index (χ1n) is 4.95. The Morgan fingerprint density at radius 3 is 3.13 bits per heavy atom. The molecule has 4 nitrogen and oxygen atoms in total. The zero-order valence-corrected chi connectivity index (χ0v) is 10.2. The summed E-state index contributed by atoms with van der Waals surface area (Å²) in [5.74, 6) is 0.906. The number of nitrogens with one attached hydrogen (secondary N) is 1. The zero-order valence-electron chi connectivity index (χ0n) is 8.57. The maximum atomic E-state index is 4.43. The molecule has 0 aromatic carbocycles. The summed E-state index contributed by atoms with van der Waals surface area (Å²) < 4.78 is 2.82. The van der Waals surface area contributed by atoms with Gasteiger partial charge in [-0.1, -0.05) is 0 Å². The van der Waals surface area contributed by atoms with E-state index < -0.39 is 0 Å². The number of fused-ring (bicyclic) bond motifs is 1. The first-order chi connectivity index (χ1) is 7.29. The first-order valence-corrected chi connectivity index (χ1v) is 5.74. The van der Waals surface area contributed by atoms with Crippen LogP contribution in [0.25, 0.3) is 5.65 Å². The van der Waals surface area contributed by atoms with Gasteiger partial charge in [-0.15, -0.1) is 0 Å². The quantitative estimate of drug-likeness (QED) is 0.858. The molecule has 0 saturated heterocycles. The molecule has 80 valence electrons. The molecule has 2 aromatic heterocycles. The number of aryl methyl sites for hydroxylation is 1. The normalized spacial score (nSPS) is 11.1. The van der Waals surface area contributed by atoms with Gasteiger partial charge < -0.3 is 5.32 Å². The highest BCUT2D eigenvalue weighted by Gasteiger charge is 2.02. The van der Waals surface area contributed by atoms with Gasteiger partial charge in [0, 0.05) is 17.1 Å². The Labute approximate surface area is 96.8 Å². The van der Waals surface area contributed by atoms with E-state index in [1.54, 1.807) is 4.52 Å². The number of halogens is 1. The first kappa shape index (κ1) is 10.6. The summed E-state index contributed by atoms with van der Waals surface area (Å²) in [6.45, 7) is 0.999. The van der Waals surface area contributed by atoms with Crippen molar-refractivity contribution in [3.05, 3.63) is 28.6 Å². The van der Waals surface area contributed by atoms with Crippen LogP contribution in [-0.2, 0) is 6.42 Å². The third-order valence-electron chi connectivity index (χ3n) is 2.17. The minimum atomic E-state index is 0.901. The Kier molecular flexibility index (Phi) is 3.33. The van der Waals surface area contributed by atoms with Gasteiger partial charge in [0.25, 0.3) is 0 Å². The molecule has 0 aliphatic carbocycles. The highest BCUT2D eigenvalue weighted by Crippen LogP contribution is 2.10. The van der Waals surface area contributed by atoms with Crippen LogP contribution in [0.2, 0.25) is 0 Å². The van der Waals surface area contributed by atoms with E-state index in [4.69, 9.17) is 0 Å². The lowest BCUT2D eigenvalue weighted by atomic mass is 10.3. The van der Waals surface area contributed by atoms with E-state index in [0.717, 1.165) is 35.3 Å². The van der Waals surface area contributed by atoms with Crippen molar-refractivity contribution in [3.63, 3.8) is 0 Å². The molecule has 0 saturated carbocycles. The standard InChI is InChI=1S/C10H13BrN4/c1-12-6-2-3-9-13-10-5-4-8(11)7-15(10)14-9/h4-5,7,12H,2-3,6H2,1H3. The minimum absolute atomic E-state index is 0.901. The smallest absolute Gasteiger partial charge is 0.155 e. The van der Waals surface area contributed by atoms with Crippen molar-refractivity contribution in [1.82, 2.24) is 19.9 Å². The molecule has 0 atom stereocenters. The van der Waals surface area contributed by atoms with Crippen molar-refractivity contribution in [3.8, 4) is 0 Å². The van der Waals surface area contributed by atoms with E-state index in [9.17, 15) is 0 Å². The average molecular weight is 269 g/mol. The Bertz CT molecular complexity index is 452. The van der Waals surface area contributed by atoms with Gasteiger partial charge in [0.2, 0.25) is 0 Å². The monoisotopic (exact) mass is 268 g/mol. The second-order valence-electron chi connectivity index (χ2n) is 3.39. The molecule has 5 heteroatoms. The lowest BCUT2D eigenvalue weighted by Gasteiger charge is -1.94. The summed E-state index contributed by atoms with van der Waals surface area (Å²) in [7, 11) is 1.95. The molecule has 15 heavy (non-hydrogen) atoms. The molecule has 2 aromatic rings. The average Bonchev–Trinajstić information content (AvgIpc) is 2.60. The van der Waals surface area contributed by atoms with Gasteiger partial charge >= 0.3 is 0 Å². The second-order valence-corrected chi connectivity index (χ2v) is 4.30. The van der Waals surface area contributed by atoms with Crippen LogP contribution in [0, 0.1) is 0 Å². The lowest BCUT2D eigenvalue weighted by molar-refractivity contribution is 0.700. The van der Waals surface area contributed by atoms with Crippen LogP contribution in [0.4, 0.5) is 0 Å². The third kappa shape index (κ3) is 2.54. The largest absolute Gasteiger partial charge is 0.320 e. The fraction of sp³-hybridized carbons (Fsp3) is 0.400. The van der Waals surface area contributed by atoms with Crippen molar-refractivity contribution in [1.29, 1.82) is 0 Å². The number of nitrogens with zero attached hydrogens (tertiary/aromatic N) is 3. The molecule has 0 spiro atoms. The topological polar surface area (TPSA) is 42.2 Å². The van der Waals surface area contributed by atoms with E-state index in [0.29, 0.717) is 0 Å². The van der Waals surface area contributed by atoms with Crippen LogP contribution in [0.5, 0.6) is 0 Å². The van der Waals surface area contributed by atoms with Crippen LogP contribution < -0.4 is 5.32 Å². The third-order valence-corrected chi connectivity index (χ3v) is 2.63. The van der Waals surface area contributed by atoms with Crippen molar-refractivity contribution < 1.29 is 0 Å². The van der Waals surface area contributed by atoms with Crippen LogP contribution in [0.1, 0.15) is 12.2 Å². The van der Waals surface area contributed by atoms with Crippen molar-refractivity contribution in [2.75, 3.05) is 13.6 Å². The van der Waals surface area contributed by atoms with Gasteiger partial charge in [0.1, 0.15) is 0 Å². The summed E-state index contributed by atoms with van der Waals surface area (Å²) in [5.41, 5.74) is 0.901. The molecule has 0 radical (unpaired) electrons. The summed E-state index contributed by atoms with van der Waals surface area (Å²) in [4.78, 5) is 4.43. The summed E-state index contributed by atoms with van der Waals surface area (Å²) in [6.07, 6.45) is 3.90. The molecule has 0 unspecified atom stereocenters. The van der Waals surface area contributed by atoms with Gasteiger partial charge in [-0.25, -0.2) is 9.50 Å². The van der Waals surface area contributed by atoms with Crippen LogP contribution in [0.3, 0.4) is 0 Å². The fourth-order valence-corrected chi connectivity index (χ4v) is 1.76. The predicted octanol–water partition coefficient (Wildman–Crippen LogP) is 1.64. The van der Waals surface area contributed by atoms with Gasteiger partial charge in [-0.05, 0) is 48.1 Å². The summed E-state index contributed by atoms with van der Waals surface area (Å²) in [6, 6.07) is 3.93. The molecular weight excluding hydrogens is 256 g/mol. The van der Waals surface area contributed by atoms with Gasteiger partial charge in [-0.3, -0.25) is 0 Å². The lowest BCUT2D eigenvalue weighted by Crippen LogP contribution is -2.08. The molecular formula is C10H13BrN4. The minimum Gasteiger partial charge on any atom is -0.320 e. The number of aromatic nitrogens is 3. The molecule has 0 bridgehead atoms. The summed E-state index contributed by atoms with van der Waals surface area (Å²) >= 11 is 3.41. The van der Waals surface area contributed by atoms with Gasteiger partial charge in [-0.2, -0.15) is 5.10 Å². The van der Waals surface area contributed by atoms with E-state index in [-0.39, 0.29) is 0 Å². The van der Waals surface area contributed by atoms with Crippen molar-refractivity contribution in [2.24, 2.45) is 0 Å². The van der Waals surface area contributed by atoms with E-state index in [2.05, 4.69) is 31.3 Å². The Morgan fingerprint density at radius 2 is 2.33 bits per heavy atom. The number of hydrogen-bond donors (Lipinski definition) is 1. The molecule has 0 aliphatic rings. The summed E-state index contributed by atoms with van der Waals surface area (Å²) in [5, 5.41) is 7.50. The van der Waals surface area contributed by atoms with Crippen LogP contribution >= 0.6 is 15.9 Å². The van der Waals surface area contributed by atoms with Crippen LogP contribution in [-0.4, -0.2) is 28.2 Å². The number of rotatable bonds is 4. The SMILES string of the molecule is CNCCCc1nc2ccc(Br)cn2n1. The maximum absolute atomic E-state index is 4.43. The van der Waals surface area contributed by atoms with Crippen LogP contribution in [0.15, 0.2) is 22.8 Å². The Morgan fingerprint density at radius 1 is 1.47 bits per heavy atom. The Hall–Kier alpha value is -0.940. The van der Waals surface area contributed by atoms with E-state index >= 15 is 0 Å². The highest BCUT2D eigenvalue weighted by molar-refractivity contribution is 9.10. The molecule has 0 fully saturated rings.